The van der Waals surface area contributed by atoms with Crippen molar-refractivity contribution in [2.45, 2.75) is 6.92 Å². The largest absolute Gasteiger partial charge is 0.481 e. The second-order valence-corrected chi connectivity index (χ2v) is 1.55. The standard InChI is InChI=1S/C4H7NO3/c1-3(2-5-8)4(6)7/h3H,2H2,1H3,(H,6,7). The Morgan fingerprint density at radius 3 is 2.50 bits per heavy atom. The van der Waals surface area contributed by atoms with Gasteiger partial charge in [0.25, 0.3) is 0 Å². The molecule has 8 heavy (non-hydrogen) atoms. The summed E-state index contributed by atoms with van der Waals surface area (Å²) in [5, 5.41) is 10.5. The highest BCUT2D eigenvalue weighted by atomic mass is 16.4. The molecule has 46 valence electrons. The Kier molecular flexibility index (Phi) is 2.76. The minimum atomic E-state index is -0.982. The Morgan fingerprint density at radius 2 is 2.38 bits per heavy atom. The molecule has 0 aromatic heterocycles. The van der Waals surface area contributed by atoms with Crippen LogP contribution in [-0.4, -0.2) is 17.6 Å². The van der Waals surface area contributed by atoms with Crippen molar-refractivity contribution in [2.75, 3.05) is 6.54 Å². The maximum atomic E-state index is 9.89. The summed E-state index contributed by atoms with van der Waals surface area (Å²) in [6.07, 6.45) is 0. The highest BCUT2D eigenvalue weighted by Gasteiger charge is 2.08. The molecule has 0 aliphatic heterocycles. The van der Waals surface area contributed by atoms with Crippen molar-refractivity contribution in [3.05, 3.63) is 4.91 Å². The summed E-state index contributed by atoms with van der Waals surface area (Å²) < 4.78 is 0. The number of nitrogens with zero attached hydrogens (tertiary/aromatic N) is 1. The Morgan fingerprint density at radius 1 is 1.88 bits per heavy atom. The fourth-order valence-electron chi connectivity index (χ4n) is 0.190. The maximum absolute atomic E-state index is 9.89. The van der Waals surface area contributed by atoms with Crippen molar-refractivity contribution in [3.63, 3.8) is 0 Å². The van der Waals surface area contributed by atoms with Crippen LogP contribution in [0.15, 0.2) is 5.18 Å². The highest BCUT2D eigenvalue weighted by Crippen LogP contribution is 1.92. The molecule has 0 saturated heterocycles. The molecule has 4 nitrogen and oxygen atoms in total. The fourth-order valence-corrected chi connectivity index (χ4v) is 0.190. The van der Waals surface area contributed by atoms with Crippen LogP contribution in [-0.2, 0) is 4.79 Å². The molecule has 0 bridgehead atoms. The Balaban J connectivity index is 3.46. The summed E-state index contributed by atoms with van der Waals surface area (Å²) >= 11 is 0. The molecule has 0 aliphatic carbocycles. The molecule has 1 unspecified atom stereocenters. The molecule has 4 heteroatoms. The molecular weight excluding hydrogens is 110 g/mol. The second kappa shape index (κ2) is 3.12. The molecule has 0 spiro atoms. The normalized spacial score (nSPS) is 12.6. The third-order valence-corrected chi connectivity index (χ3v) is 0.770. The maximum Gasteiger partial charge on any atom is 0.308 e. The van der Waals surface area contributed by atoms with Gasteiger partial charge in [-0.2, -0.15) is 4.91 Å². The highest BCUT2D eigenvalue weighted by molar-refractivity contribution is 5.69. The number of carbonyl (C=O) groups is 1. The predicted octanol–water partition coefficient (Wildman–Crippen LogP) is 0.473. The first kappa shape index (κ1) is 7.07. The Hall–Kier alpha value is -0.930. The van der Waals surface area contributed by atoms with E-state index in [-0.39, 0.29) is 6.54 Å². The van der Waals surface area contributed by atoms with E-state index in [0.29, 0.717) is 0 Å². The van der Waals surface area contributed by atoms with Crippen molar-refractivity contribution in [1.29, 1.82) is 0 Å². The van der Waals surface area contributed by atoms with E-state index in [9.17, 15) is 9.70 Å². The number of nitroso groups, excluding NO2 is 1. The van der Waals surface area contributed by atoms with Gasteiger partial charge >= 0.3 is 5.97 Å². The Bertz CT molecular complexity index is 101. The lowest BCUT2D eigenvalue weighted by Gasteiger charge is -1.94. The predicted molar refractivity (Wildman–Crippen MR) is 27.5 cm³/mol. The van der Waals surface area contributed by atoms with E-state index < -0.39 is 11.9 Å². The van der Waals surface area contributed by atoms with Gasteiger partial charge in [-0.1, -0.05) is 5.18 Å². The third kappa shape index (κ3) is 2.28. The molecule has 0 rings (SSSR count). The van der Waals surface area contributed by atoms with Crippen molar-refractivity contribution < 1.29 is 9.90 Å². The number of hydrogen-bond donors (Lipinski definition) is 1. The minimum absolute atomic E-state index is 0.144. The lowest BCUT2D eigenvalue weighted by Crippen LogP contribution is -2.11. The molecule has 0 radical (unpaired) electrons. The van der Waals surface area contributed by atoms with Gasteiger partial charge in [0, 0.05) is 0 Å². The quantitative estimate of drug-likeness (QED) is 0.546. The van der Waals surface area contributed by atoms with Crippen molar-refractivity contribution in [1.82, 2.24) is 0 Å². The van der Waals surface area contributed by atoms with Gasteiger partial charge in [-0.05, 0) is 6.92 Å². The SMILES string of the molecule is CC(CN=O)C(=O)O. The van der Waals surface area contributed by atoms with E-state index in [4.69, 9.17) is 5.11 Å². The van der Waals surface area contributed by atoms with Gasteiger partial charge in [-0.25, -0.2) is 0 Å². The first-order valence-corrected chi connectivity index (χ1v) is 2.20. The third-order valence-electron chi connectivity index (χ3n) is 0.770. The van der Waals surface area contributed by atoms with Crippen LogP contribution in [0.25, 0.3) is 0 Å². The van der Waals surface area contributed by atoms with E-state index in [0.717, 1.165) is 0 Å². The zero-order valence-corrected chi connectivity index (χ0v) is 4.50. The van der Waals surface area contributed by atoms with Gasteiger partial charge in [0.1, 0.15) is 0 Å². The lowest BCUT2D eigenvalue weighted by atomic mass is 10.2. The van der Waals surface area contributed by atoms with Gasteiger partial charge in [-0.3, -0.25) is 4.79 Å². The lowest BCUT2D eigenvalue weighted by molar-refractivity contribution is -0.140. The van der Waals surface area contributed by atoms with Crippen molar-refractivity contribution in [2.24, 2.45) is 11.1 Å². The van der Waals surface area contributed by atoms with Crippen LogP contribution in [0.5, 0.6) is 0 Å². The van der Waals surface area contributed by atoms with Gasteiger partial charge in [0.2, 0.25) is 0 Å². The molecular formula is C4H7NO3. The molecule has 1 atom stereocenters. The van der Waals surface area contributed by atoms with Gasteiger partial charge in [0.15, 0.2) is 0 Å². The zero-order valence-electron chi connectivity index (χ0n) is 4.50. The molecule has 0 amide bonds. The molecule has 0 fully saturated rings. The second-order valence-electron chi connectivity index (χ2n) is 1.55. The summed E-state index contributed by atoms with van der Waals surface area (Å²) in [4.78, 5) is 19.3. The van der Waals surface area contributed by atoms with Crippen LogP contribution in [0.2, 0.25) is 0 Å². The van der Waals surface area contributed by atoms with Crippen LogP contribution in [0.3, 0.4) is 0 Å². The first-order chi connectivity index (χ1) is 3.68. The number of aliphatic carboxylic acids is 1. The van der Waals surface area contributed by atoms with Gasteiger partial charge < -0.3 is 5.11 Å². The molecule has 0 aliphatic rings. The summed E-state index contributed by atoms with van der Waals surface area (Å²) in [7, 11) is 0. The number of carboxylic acids is 1. The van der Waals surface area contributed by atoms with Crippen LogP contribution < -0.4 is 0 Å². The van der Waals surface area contributed by atoms with Crippen LogP contribution >= 0.6 is 0 Å². The van der Waals surface area contributed by atoms with E-state index in [1.165, 1.54) is 6.92 Å². The molecule has 0 aromatic carbocycles. The van der Waals surface area contributed by atoms with Gasteiger partial charge in [-0.15, -0.1) is 0 Å². The van der Waals surface area contributed by atoms with Crippen LogP contribution in [0.4, 0.5) is 0 Å². The molecule has 0 heterocycles. The number of hydrogen-bond acceptors (Lipinski definition) is 3. The fraction of sp³-hybridized carbons (Fsp3) is 0.750. The summed E-state index contributed by atoms with van der Waals surface area (Å²) in [6.45, 7) is 1.29. The van der Waals surface area contributed by atoms with Crippen LogP contribution in [0, 0.1) is 10.8 Å². The van der Waals surface area contributed by atoms with E-state index >= 15 is 0 Å². The zero-order chi connectivity index (χ0) is 6.57. The summed E-state index contributed by atoms with van der Waals surface area (Å²) in [6, 6.07) is 0. The average Bonchev–Trinajstić information content (AvgIpc) is 1.67. The van der Waals surface area contributed by atoms with Crippen molar-refractivity contribution in [3.8, 4) is 0 Å². The number of rotatable bonds is 3. The van der Waals surface area contributed by atoms with E-state index in [1.54, 1.807) is 0 Å². The monoisotopic (exact) mass is 117 g/mol. The molecule has 1 N–H and O–H groups in total. The van der Waals surface area contributed by atoms with E-state index in [2.05, 4.69) is 5.18 Å². The smallest absolute Gasteiger partial charge is 0.308 e. The van der Waals surface area contributed by atoms with E-state index in [1.807, 2.05) is 0 Å². The molecule has 0 aromatic rings. The first-order valence-electron chi connectivity index (χ1n) is 2.20. The number of carboxylic acid groups (broad SMARTS) is 1. The Labute approximate surface area is 46.5 Å². The summed E-state index contributed by atoms with van der Waals surface area (Å²) in [5.74, 6) is -1.63. The average molecular weight is 117 g/mol. The summed E-state index contributed by atoms with van der Waals surface area (Å²) in [5.41, 5.74) is 0. The topological polar surface area (TPSA) is 66.7 Å². The minimum Gasteiger partial charge on any atom is -0.481 e. The molecule has 0 saturated carbocycles. The van der Waals surface area contributed by atoms with Crippen molar-refractivity contribution >= 4 is 5.97 Å². The van der Waals surface area contributed by atoms with Crippen LogP contribution in [0.1, 0.15) is 6.92 Å². The van der Waals surface area contributed by atoms with Gasteiger partial charge in [0.05, 0.1) is 12.5 Å².